The van der Waals surface area contributed by atoms with Crippen molar-refractivity contribution in [2.24, 2.45) is 0 Å². The number of carbonyl (C=O) groups is 1. The van der Waals surface area contributed by atoms with Gasteiger partial charge in [-0.1, -0.05) is 90.9 Å². The molecule has 0 fully saturated rings. The summed E-state index contributed by atoms with van der Waals surface area (Å²) in [5.74, 6) is -0.0570. The van der Waals surface area contributed by atoms with Crippen molar-refractivity contribution in [2.45, 2.75) is 124 Å². The van der Waals surface area contributed by atoms with Crippen LogP contribution >= 0.6 is 0 Å². The second kappa shape index (κ2) is 19.2. The van der Waals surface area contributed by atoms with E-state index in [0.29, 0.717) is 6.61 Å². The fourth-order valence-electron chi connectivity index (χ4n) is 3.46. The smallest absolute Gasteiger partial charge is 0.323 e. The molecule has 3 heteroatoms. The number of esters is 1. The van der Waals surface area contributed by atoms with Crippen LogP contribution in [0.15, 0.2) is 0 Å². The van der Waals surface area contributed by atoms with Gasteiger partial charge in [-0.15, -0.1) is 0 Å². The van der Waals surface area contributed by atoms with Crippen molar-refractivity contribution in [1.29, 1.82) is 0 Å². The van der Waals surface area contributed by atoms with Crippen molar-refractivity contribution >= 4 is 5.97 Å². The number of hydrogen-bond donors (Lipinski definition) is 0. The molecule has 3 nitrogen and oxygen atoms in total. The van der Waals surface area contributed by atoms with Crippen LogP contribution in [0.3, 0.4) is 0 Å². The van der Waals surface area contributed by atoms with E-state index in [0.717, 1.165) is 13.1 Å². The van der Waals surface area contributed by atoms with Gasteiger partial charge in [0.05, 0.1) is 6.61 Å². The minimum absolute atomic E-state index is 0.0570. The van der Waals surface area contributed by atoms with Crippen LogP contribution in [0.1, 0.15) is 118 Å². The lowest BCUT2D eigenvalue weighted by Gasteiger charge is -2.27. The van der Waals surface area contributed by atoms with Crippen LogP contribution in [-0.4, -0.2) is 36.6 Å². The van der Waals surface area contributed by atoms with Gasteiger partial charge in [-0.05, 0) is 39.8 Å². The summed E-state index contributed by atoms with van der Waals surface area (Å²) in [4.78, 5) is 14.5. The molecule has 0 aliphatic carbocycles. The van der Waals surface area contributed by atoms with Crippen LogP contribution in [0, 0.1) is 0 Å². The van der Waals surface area contributed by atoms with Crippen molar-refractivity contribution in [3.8, 4) is 0 Å². The summed E-state index contributed by atoms with van der Waals surface area (Å²) in [6.07, 6.45) is 18.4. The molecule has 0 aliphatic heterocycles. The van der Waals surface area contributed by atoms with Crippen molar-refractivity contribution in [3.05, 3.63) is 0 Å². The highest BCUT2D eigenvalue weighted by Crippen LogP contribution is 2.12. The van der Waals surface area contributed by atoms with E-state index in [9.17, 15) is 4.79 Å². The summed E-state index contributed by atoms with van der Waals surface area (Å²) in [6.45, 7) is 11.0. The first-order valence-corrected chi connectivity index (χ1v) is 11.6. The van der Waals surface area contributed by atoms with Gasteiger partial charge < -0.3 is 4.74 Å². The zero-order chi connectivity index (χ0) is 19.5. The van der Waals surface area contributed by atoms with E-state index >= 15 is 0 Å². The number of rotatable bonds is 19. The standard InChI is InChI=1S/C23H47NO2/c1-5-8-10-12-14-16-18-20-24(22(4)23(25)26-7-3)21-19-17-15-13-11-9-6-2/h22H,5-21H2,1-4H3. The fraction of sp³-hybridized carbons (Fsp3) is 0.957. The Morgan fingerprint density at radius 3 is 1.46 bits per heavy atom. The molecule has 0 N–H and O–H groups in total. The first-order chi connectivity index (χ1) is 12.7. The van der Waals surface area contributed by atoms with E-state index in [4.69, 9.17) is 4.74 Å². The summed E-state index contributed by atoms with van der Waals surface area (Å²) in [6, 6.07) is -0.102. The first-order valence-electron chi connectivity index (χ1n) is 11.6. The lowest BCUT2D eigenvalue weighted by atomic mass is 10.1. The van der Waals surface area contributed by atoms with Crippen molar-refractivity contribution in [3.63, 3.8) is 0 Å². The summed E-state index contributed by atoms with van der Waals surface area (Å²) in [5.41, 5.74) is 0. The van der Waals surface area contributed by atoms with Crippen LogP contribution in [0.2, 0.25) is 0 Å². The summed E-state index contributed by atoms with van der Waals surface area (Å²) in [5, 5.41) is 0. The molecule has 0 spiro atoms. The van der Waals surface area contributed by atoms with Crippen LogP contribution in [0.5, 0.6) is 0 Å². The van der Waals surface area contributed by atoms with Gasteiger partial charge in [0.25, 0.3) is 0 Å². The number of nitrogens with zero attached hydrogens (tertiary/aromatic N) is 1. The van der Waals surface area contributed by atoms with Gasteiger partial charge in [-0.3, -0.25) is 9.69 Å². The highest BCUT2D eigenvalue weighted by Gasteiger charge is 2.21. The Balaban J connectivity index is 4.07. The molecule has 0 heterocycles. The van der Waals surface area contributed by atoms with Crippen LogP contribution < -0.4 is 0 Å². The van der Waals surface area contributed by atoms with Gasteiger partial charge >= 0.3 is 5.97 Å². The van der Waals surface area contributed by atoms with Crippen molar-refractivity contribution in [1.82, 2.24) is 4.90 Å². The molecule has 26 heavy (non-hydrogen) atoms. The minimum Gasteiger partial charge on any atom is -0.465 e. The summed E-state index contributed by atoms with van der Waals surface area (Å²) in [7, 11) is 0. The Bertz CT molecular complexity index is 289. The van der Waals surface area contributed by atoms with Crippen molar-refractivity contribution in [2.75, 3.05) is 19.7 Å². The Kier molecular flexibility index (Phi) is 18.8. The minimum atomic E-state index is -0.102. The highest BCUT2D eigenvalue weighted by molar-refractivity contribution is 5.75. The van der Waals surface area contributed by atoms with E-state index in [1.807, 2.05) is 13.8 Å². The maximum absolute atomic E-state index is 12.1. The number of unbranched alkanes of at least 4 members (excludes halogenated alkanes) is 12. The van der Waals surface area contributed by atoms with E-state index < -0.39 is 0 Å². The van der Waals surface area contributed by atoms with Gasteiger partial charge in [0, 0.05) is 0 Å². The Morgan fingerprint density at radius 2 is 1.08 bits per heavy atom. The molecule has 0 aromatic rings. The van der Waals surface area contributed by atoms with Gasteiger partial charge in [0.15, 0.2) is 0 Å². The molecule has 0 saturated heterocycles. The van der Waals surface area contributed by atoms with E-state index in [2.05, 4.69) is 18.7 Å². The zero-order valence-electron chi connectivity index (χ0n) is 18.4. The van der Waals surface area contributed by atoms with Gasteiger partial charge in [0.2, 0.25) is 0 Å². The molecule has 1 atom stereocenters. The summed E-state index contributed by atoms with van der Waals surface area (Å²) >= 11 is 0. The lowest BCUT2D eigenvalue weighted by molar-refractivity contribution is -0.148. The molecular weight excluding hydrogens is 322 g/mol. The zero-order valence-corrected chi connectivity index (χ0v) is 18.4. The second-order valence-corrected chi connectivity index (χ2v) is 7.71. The fourth-order valence-corrected chi connectivity index (χ4v) is 3.46. The van der Waals surface area contributed by atoms with Crippen LogP contribution in [0.4, 0.5) is 0 Å². The van der Waals surface area contributed by atoms with Gasteiger partial charge in [0.1, 0.15) is 6.04 Å². The molecule has 0 radical (unpaired) electrons. The third-order valence-corrected chi connectivity index (χ3v) is 5.27. The average Bonchev–Trinajstić information content (AvgIpc) is 2.64. The highest BCUT2D eigenvalue weighted by atomic mass is 16.5. The molecule has 156 valence electrons. The third kappa shape index (κ3) is 14.6. The lowest BCUT2D eigenvalue weighted by Crippen LogP contribution is -2.41. The molecule has 1 unspecified atom stereocenters. The Hall–Kier alpha value is -0.570. The topological polar surface area (TPSA) is 29.5 Å². The maximum atomic E-state index is 12.1. The maximum Gasteiger partial charge on any atom is 0.323 e. The van der Waals surface area contributed by atoms with E-state index in [-0.39, 0.29) is 12.0 Å². The average molecular weight is 370 g/mol. The summed E-state index contributed by atoms with van der Waals surface area (Å²) < 4.78 is 5.25. The largest absolute Gasteiger partial charge is 0.465 e. The molecule has 0 rings (SSSR count). The SMILES string of the molecule is CCCCCCCCCN(CCCCCCCCC)C(C)C(=O)OCC. The van der Waals surface area contributed by atoms with Gasteiger partial charge in [-0.2, -0.15) is 0 Å². The molecule has 0 amide bonds. The van der Waals surface area contributed by atoms with Crippen LogP contribution in [0.25, 0.3) is 0 Å². The number of ether oxygens (including phenoxy) is 1. The van der Waals surface area contributed by atoms with E-state index in [1.54, 1.807) is 0 Å². The predicted molar refractivity (Wildman–Crippen MR) is 114 cm³/mol. The molecule has 0 bridgehead atoms. The van der Waals surface area contributed by atoms with E-state index in [1.165, 1.54) is 89.9 Å². The quantitative estimate of drug-likeness (QED) is 0.186. The predicted octanol–water partition coefficient (Wildman–Crippen LogP) is 6.74. The number of hydrogen-bond acceptors (Lipinski definition) is 3. The molecule has 0 aromatic heterocycles. The molecule has 0 saturated carbocycles. The molecular formula is C23H47NO2. The Morgan fingerprint density at radius 1 is 0.692 bits per heavy atom. The molecule has 0 aliphatic rings. The second-order valence-electron chi connectivity index (χ2n) is 7.71. The van der Waals surface area contributed by atoms with Crippen molar-refractivity contribution < 1.29 is 9.53 Å². The normalized spacial score (nSPS) is 12.5. The molecule has 0 aromatic carbocycles. The Labute approximate surface area is 164 Å². The van der Waals surface area contributed by atoms with Crippen LogP contribution in [-0.2, 0) is 9.53 Å². The monoisotopic (exact) mass is 369 g/mol. The van der Waals surface area contributed by atoms with Gasteiger partial charge in [-0.25, -0.2) is 0 Å². The number of carbonyl (C=O) groups excluding carboxylic acids is 1. The first kappa shape index (κ1) is 25.4. The third-order valence-electron chi connectivity index (χ3n) is 5.27.